The number of imidazole rings is 1. The highest BCUT2D eigenvalue weighted by molar-refractivity contribution is 7.89. The topological polar surface area (TPSA) is 103 Å². The molecule has 8 nitrogen and oxygen atoms in total. The van der Waals surface area contributed by atoms with E-state index in [0.717, 1.165) is 29.7 Å². The highest BCUT2D eigenvalue weighted by Crippen LogP contribution is 2.31. The molecule has 0 radical (unpaired) electrons. The standard InChI is InChI=1S/C22H26N4O4S2/c27-31(28,25-13-3-4-14-25)18-7-9-19(10-8-18)32(29,30)26-15-11-17(12-16-26)22-23-20-5-1-2-6-21(20)24-22/h1-2,5-10,17H,3-4,11-16H2,(H,23,24). The van der Waals surface area contributed by atoms with Crippen molar-refractivity contribution in [1.29, 1.82) is 0 Å². The lowest BCUT2D eigenvalue weighted by Crippen LogP contribution is -2.38. The molecule has 32 heavy (non-hydrogen) atoms. The summed E-state index contributed by atoms with van der Waals surface area (Å²) < 4.78 is 54.6. The van der Waals surface area contributed by atoms with Crippen LogP contribution in [0.1, 0.15) is 37.4 Å². The van der Waals surface area contributed by atoms with Crippen molar-refractivity contribution in [1.82, 2.24) is 18.6 Å². The molecule has 0 saturated carbocycles. The molecular weight excluding hydrogens is 448 g/mol. The van der Waals surface area contributed by atoms with Crippen LogP contribution in [0.25, 0.3) is 11.0 Å². The zero-order chi connectivity index (χ0) is 22.3. The Kier molecular flexibility index (Phi) is 5.56. The number of aromatic amines is 1. The van der Waals surface area contributed by atoms with Gasteiger partial charge in [-0.1, -0.05) is 12.1 Å². The predicted molar refractivity (Wildman–Crippen MR) is 121 cm³/mol. The van der Waals surface area contributed by atoms with Gasteiger partial charge in [0.15, 0.2) is 0 Å². The predicted octanol–water partition coefficient (Wildman–Crippen LogP) is 2.92. The second-order valence-electron chi connectivity index (χ2n) is 8.40. The number of para-hydroxylation sites is 2. The lowest BCUT2D eigenvalue weighted by molar-refractivity contribution is 0.314. The molecule has 0 unspecified atom stereocenters. The summed E-state index contributed by atoms with van der Waals surface area (Å²) in [7, 11) is -7.24. The molecule has 170 valence electrons. The van der Waals surface area contributed by atoms with Crippen molar-refractivity contribution >= 4 is 31.1 Å². The van der Waals surface area contributed by atoms with Gasteiger partial charge in [0.1, 0.15) is 5.82 Å². The van der Waals surface area contributed by atoms with E-state index >= 15 is 0 Å². The van der Waals surface area contributed by atoms with Gasteiger partial charge in [0.25, 0.3) is 0 Å². The number of piperidine rings is 1. The van der Waals surface area contributed by atoms with Gasteiger partial charge in [-0.15, -0.1) is 0 Å². The number of nitrogens with one attached hydrogen (secondary N) is 1. The number of hydrogen-bond acceptors (Lipinski definition) is 5. The molecule has 3 heterocycles. The number of sulfonamides is 2. The Bertz CT molecular complexity index is 1290. The average molecular weight is 475 g/mol. The van der Waals surface area contributed by atoms with E-state index in [1.807, 2.05) is 24.3 Å². The van der Waals surface area contributed by atoms with E-state index in [9.17, 15) is 16.8 Å². The van der Waals surface area contributed by atoms with E-state index in [-0.39, 0.29) is 15.7 Å². The van der Waals surface area contributed by atoms with Gasteiger partial charge in [-0.05, 0) is 62.1 Å². The molecule has 10 heteroatoms. The Morgan fingerprint density at radius 3 is 1.84 bits per heavy atom. The Labute approximate surface area is 188 Å². The van der Waals surface area contributed by atoms with Crippen LogP contribution in [0.15, 0.2) is 58.3 Å². The molecule has 1 N–H and O–H groups in total. The molecular formula is C22H26N4O4S2. The number of H-pyrrole nitrogens is 1. The molecule has 0 bridgehead atoms. The molecule has 2 aliphatic heterocycles. The number of hydrogen-bond donors (Lipinski definition) is 1. The molecule has 0 amide bonds. The third-order valence-electron chi connectivity index (χ3n) is 6.41. The van der Waals surface area contributed by atoms with Crippen LogP contribution < -0.4 is 0 Å². The zero-order valence-corrected chi connectivity index (χ0v) is 19.3. The van der Waals surface area contributed by atoms with E-state index in [1.54, 1.807) is 0 Å². The molecule has 2 aliphatic rings. The normalized spacial score (nSPS) is 19.6. The van der Waals surface area contributed by atoms with Gasteiger partial charge in [-0.3, -0.25) is 0 Å². The molecule has 0 aliphatic carbocycles. The minimum Gasteiger partial charge on any atom is -0.342 e. The Morgan fingerprint density at radius 2 is 1.28 bits per heavy atom. The number of nitrogens with zero attached hydrogens (tertiary/aromatic N) is 3. The Morgan fingerprint density at radius 1 is 0.750 bits per heavy atom. The third kappa shape index (κ3) is 3.85. The van der Waals surface area contributed by atoms with Gasteiger partial charge in [0.05, 0.1) is 20.8 Å². The van der Waals surface area contributed by atoms with Crippen molar-refractivity contribution in [3.63, 3.8) is 0 Å². The first-order valence-corrected chi connectivity index (χ1v) is 13.8. The second kappa shape index (κ2) is 8.26. The van der Waals surface area contributed by atoms with Gasteiger partial charge in [-0.2, -0.15) is 8.61 Å². The summed E-state index contributed by atoms with van der Waals surface area (Å²) in [5.41, 5.74) is 1.91. The summed E-state index contributed by atoms with van der Waals surface area (Å²) in [5.74, 6) is 1.08. The third-order valence-corrected chi connectivity index (χ3v) is 10.2. The van der Waals surface area contributed by atoms with Crippen LogP contribution in [-0.2, 0) is 20.0 Å². The number of rotatable bonds is 5. The maximum absolute atomic E-state index is 13.1. The molecule has 2 fully saturated rings. The fourth-order valence-electron chi connectivity index (χ4n) is 4.55. The first-order chi connectivity index (χ1) is 15.4. The molecule has 2 aromatic carbocycles. The van der Waals surface area contributed by atoms with Crippen molar-refractivity contribution in [2.75, 3.05) is 26.2 Å². The highest BCUT2D eigenvalue weighted by Gasteiger charge is 2.32. The highest BCUT2D eigenvalue weighted by atomic mass is 32.2. The Hall–Kier alpha value is -2.27. The maximum Gasteiger partial charge on any atom is 0.243 e. The fourth-order valence-corrected chi connectivity index (χ4v) is 7.53. The van der Waals surface area contributed by atoms with Crippen LogP contribution in [0.4, 0.5) is 0 Å². The van der Waals surface area contributed by atoms with E-state index in [0.29, 0.717) is 39.0 Å². The second-order valence-corrected chi connectivity index (χ2v) is 12.3. The lowest BCUT2D eigenvalue weighted by atomic mass is 9.97. The van der Waals surface area contributed by atoms with E-state index in [1.165, 1.54) is 32.9 Å². The largest absolute Gasteiger partial charge is 0.342 e. The molecule has 0 atom stereocenters. The van der Waals surface area contributed by atoms with Crippen LogP contribution in [0, 0.1) is 0 Å². The van der Waals surface area contributed by atoms with Gasteiger partial charge in [0.2, 0.25) is 20.0 Å². The summed E-state index contributed by atoms with van der Waals surface area (Å²) in [6.07, 6.45) is 3.08. The van der Waals surface area contributed by atoms with Crippen LogP contribution >= 0.6 is 0 Å². The van der Waals surface area contributed by atoms with Crippen molar-refractivity contribution in [2.24, 2.45) is 0 Å². The van der Waals surface area contributed by atoms with Gasteiger partial charge in [-0.25, -0.2) is 21.8 Å². The van der Waals surface area contributed by atoms with Crippen LogP contribution in [0.5, 0.6) is 0 Å². The molecule has 2 saturated heterocycles. The molecule has 5 rings (SSSR count). The summed E-state index contributed by atoms with van der Waals surface area (Å²) in [5, 5.41) is 0. The first-order valence-electron chi connectivity index (χ1n) is 10.9. The van der Waals surface area contributed by atoms with Crippen LogP contribution in [-0.4, -0.2) is 61.6 Å². The first kappa shape index (κ1) is 21.6. The molecule has 3 aromatic rings. The summed E-state index contributed by atoms with van der Waals surface area (Å²) in [6, 6.07) is 13.5. The number of benzene rings is 2. The molecule has 1 aromatic heterocycles. The van der Waals surface area contributed by atoms with Gasteiger partial charge < -0.3 is 4.98 Å². The number of fused-ring (bicyclic) bond motifs is 1. The van der Waals surface area contributed by atoms with Gasteiger partial charge in [0, 0.05) is 32.1 Å². The monoisotopic (exact) mass is 474 g/mol. The van der Waals surface area contributed by atoms with Crippen molar-refractivity contribution < 1.29 is 16.8 Å². The maximum atomic E-state index is 13.1. The van der Waals surface area contributed by atoms with Crippen molar-refractivity contribution in [2.45, 2.75) is 41.4 Å². The fraction of sp³-hybridized carbons (Fsp3) is 0.409. The molecule has 0 spiro atoms. The van der Waals surface area contributed by atoms with Crippen LogP contribution in [0.3, 0.4) is 0 Å². The summed E-state index contributed by atoms with van der Waals surface area (Å²) in [4.78, 5) is 8.28. The SMILES string of the molecule is O=S(=O)(c1ccc(S(=O)(=O)N2CCC(c3nc4ccccc4[nH]3)CC2)cc1)N1CCCC1. The summed E-state index contributed by atoms with van der Waals surface area (Å²) >= 11 is 0. The minimum absolute atomic E-state index is 0.125. The van der Waals surface area contributed by atoms with E-state index < -0.39 is 20.0 Å². The zero-order valence-electron chi connectivity index (χ0n) is 17.6. The van der Waals surface area contributed by atoms with Crippen molar-refractivity contribution in [3.8, 4) is 0 Å². The van der Waals surface area contributed by atoms with Gasteiger partial charge >= 0.3 is 0 Å². The van der Waals surface area contributed by atoms with Crippen molar-refractivity contribution in [3.05, 3.63) is 54.4 Å². The van der Waals surface area contributed by atoms with Crippen LogP contribution in [0.2, 0.25) is 0 Å². The number of aromatic nitrogens is 2. The lowest BCUT2D eigenvalue weighted by Gasteiger charge is -2.30. The quantitative estimate of drug-likeness (QED) is 0.612. The van der Waals surface area contributed by atoms with E-state index in [4.69, 9.17) is 0 Å². The smallest absolute Gasteiger partial charge is 0.243 e. The Balaban J connectivity index is 1.29. The minimum atomic E-state index is -3.68. The summed E-state index contributed by atoms with van der Waals surface area (Å²) in [6.45, 7) is 1.83. The van der Waals surface area contributed by atoms with E-state index in [2.05, 4.69) is 9.97 Å². The average Bonchev–Trinajstić information content (AvgIpc) is 3.50.